The maximum atomic E-state index is 13.9. The van der Waals surface area contributed by atoms with Crippen LogP contribution in [0.15, 0.2) is 53.9 Å². The monoisotopic (exact) mass is 421 g/mol. The fourth-order valence-electron chi connectivity index (χ4n) is 3.49. The van der Waals surface area contributed by atoms with Crippen molar-refractivity contribution < 1.29 is 4.39 Å². The van der Waals surface area contributed by atoms with Crippen LogP contribution in [-0.4, -0.2) is 16.5 Å². The summed E-state index contributed by atoms with van der Waals surface area (Å²) < 4.78 is 13.9. The van der Waals surface area contributed by atoms with E-state index >= 15 is 0 Å². The molecular formula is C23H24FN5S. The Morgan fingerprint density at radius 1 is 1.13 bits per heavy atom. The summed E-state index contributed by atoms with van der Waals surface area (Å²) in [4.78, 5) is 10.7. The van der Waals surface area contributed by atoms with Gasteiger partial charge in [0, 0.05) is 16.0 Å². The molecule has 0 saturated carbocycles. The molecule has 30 heavy (non-hydrogen) atoms. The van der Waals surface area contributed by atoms with E-state index in [1.165, 1.54) is 17.0 Å². The molecule has 4 N–H and O–H groups in total. The maximum Gasteiger partial charge on any atom is 0.229 e. The number of aromatic nitrogens is 2. The fourth-order valence-corrected chi connectivity index (χ4v) is 4.22. The summed E-state index contributed by atoms with van der Waals surface area (Å²) in [7, 11) is 0. The molecule has 0 radical (unpaired) electrons. The Bertz CT molecular complexity index is 1140. The molecule has 0 aliphatic rings. The average Bonchev–Trinajstić information content (AvgIpc) is 3.23. The third kappa shape index (κ3) is 4.42. The molecule has 0 aliphatic carbocycles. The molecule has 1 atom stereocenters. The Kier molecular flexibility index (Phi) is 5.92. The lowest BCUT2D eigenvalue weighted by Crippen LogP contribution is -2.10. The van der Waals surface area contributed by atoms with Gasteiger partial charge in [0.2, 0.25) is 5.95 Å². The first-order chi connectivity index (χ1) is 14.5. The van der Waals surface area contributed by atoms with Crippen LogP contribution >= 0.6 is 11.3 Å². The van der Waals surface area contributed by atoms with Crippen molar-refractivity contribution in [2.24, 2.45) is 5.73 Å². The first kappa shape index (κ1) is 20.3. The lowest BCUT2D eigenvalue weighted by Gasteiger charge is -2.17. The number of nitrogens with zero attached hydrogens (tertiary/aromatic N) is 2. The SMILES string of the molecule is Cc1cc(F)cc(Nc2nc(N[C@H](C)c3cccs3)c3cccc(CCN)c3n2)c1. The number of nitrogens with two attached hydrogens (primary N) is 1. The zero-order valence-corrected chi connectivity index (χ0v) is 17.8. The van der Waals surface area contributed by atoms with Gasteiger partial charge in [-0.3, -0.25) is 0 Å². The molecule has 5 nitrogen and oxygen atoms in total. The summed E-state index contributed by atoms with van der Waals surface area (Å²) in [6, 6.07) is 15.1. The van der Waals surface area contributed by atoms with Gasteiger partial charge in [-0.2, -0.15) is 4.98 Å². The average molecular weight is 422 g/mol. The van der Waals surface area contributed by atoms with E-state index in [-0.39, 0.29) is 11.9 Å². The van der Waals surface area contributed by atoms with Gasteiger partial charge in [-0.1, -0.05) is 18.2 Å². The number of hydrogen-bond acceptors (Lipinski definition) is 6. The molecule has 0 spiro atoms. The second-order valence-electron chi connectivity index (χ2n) is 7.27. The number of rotatable bonds is 7. The van der Waals surface area contributed by atoms with Gasteiger partial charge in [-0.15, -0.1) is 11.3 Å². The van der Waals surface area contributed by atoms with Crippen LogP contribution in [-0.2, 0) is 6.42 Å². The molecule has 0 aliphatic heterocycles. The minimum absolute atomic E-state index is 0.0885. The second-order valence-corrected chi connectivity index (χ2v) is 8.25. The predicted octanol–water partition coefficient (Wildman–Crippen LogP) is 5.56. The number of aryl methyl sites for hydroxylation is 1. The molecule has 0 saturated heterocycles. The second kappa shape index (κ2) is 8.77. The molecule has 4 aromatic rings. The lowest BCUT2D eigenvalue weighted by molar-refractivity contribution is 0.627. The first-order valence-corrected chi connectivity index (χ1v) is 10.8. The third-order valence-electron chi connectivity index (χ3n) is 4.85. The van der Waals surface area contributed by atoms with Crippen molar-refractivity contribution in [1.29, 1.82) is 0 Å². The van der Waals surface area contributed by atoms with Crippen molar-refractivity contribution >= 4 is 39.7 Å². The summed E-state index contributed by atoms with van der Waals surface area (Å²) in [6.07, 6.45) is 0.715. The van der Waals surface area contributed by atoms with E-state index in [2.05, 4.69) is 29.0 Å². The predicted molar refractivity (Wildman–Crippen MR) is 123 cm³/mol. The van der Waals surface area contributed by atoms with E-state index in [0.717, 1.165) is 27.8 Å². The fraction of sp³-hybridized carbons (Fsp3) is 0.217. The zero-order chi connectivity index (χ0) is 21.1. The van der Waals surface area contributed by atoms with Crippen LogP contribution in [0.3, 0.4) is 0 Å². The highest BCUT2D eigenvalue weighted by Gasteiger charge is 2.15. The minimum Gasteiger partial charge on any atom is -0.362 e. The zero-order valence-electron chi connectivity index (χ0n) is 16.9. The van der Waals surface area contributed by atoms with Crippen molar-refractivity contribution in [3.63, 3.8) is 0 Å². The molecule has 2 heterocycles. The largest absolute Gasteiger partial charge is 0.362 e. The number of para-hydroxylation sites is 1. The number of nitrogens with one attached hydrogen (secondary N) is 2. The third-order valence-corrected chi connectivity index (χ3v) is 5.90. The van der Waals surface area contributed by atoms with Gasteiger partial charge >= 0.3 is 0 Å². The van der Waals surface area contributed by atoms with Crippen molar-refractivity contribution in [2.75, 3.05) is 17.2 Å². The van der Waals surface area contributed by atoms with Crippen LogP contribution in [0.1, 0.15) is 29.0 Å². The number of thiophene rings is 1. The van der Waals surface area contributed by atoms with Gasteiger partial charge in [-0.25, -0.2) is 9.37 Å². The van der Waals surface area contributed by atoms with Crippen LogP contribution in [0.25, 0.3) is 10.9 Å². The Morgan fingerprint density at radius 3 is 2.73 bits per heavy atom. The number of anilines is 3. The van der Waals surface area contributed by atoms with E-state index in [0.29, 0.717) is 24.6 Å². The molecule has 154 valence electrons. The number of benzene rings is 2. The normalized spacial score (nSPS) is 12.1. The van der Waals surface area contributed by atoms with Crippen molar-refractivity contribution in [3.05, 3.63) is 75.7 Å². The Labute approximate surface area is 179 Å². The smallest absolute Gasteiger partial charge is 0.229 e. The van der Waals surface area contributed by atoms with Crippen molar-refractivity contribution in [2.45, 2.75) is 26.3 Å². The van der Waals surface area contributed by atoms with E-state index < -0.39 is 0 Å². The molecule has 7 heteroatoms. The van der Waals surface area contributed by atoms with Gasteiger partial charge in [0.1, 0.15) is 11.6 Å². The molecule has 2 aromatic heterocycles. The summed E-state index contributed by atoms with van der Waals surface area (Å²) in [5, 5.41) is 9.68. The maximum absolute atomic E-state index is 13.9. The van der Waals surface area contributed by atoms with E-state index in [4.69, 9.17) is 15.7 Å². The van der Waals surface area contributed by atoms with Crippen LogP contribution in [0.4, 0.5) is 21.8 Å². The highest BCUT2D eigenvalue weighted by Crippen LogP contribution is 2.30. The standard InChI is InChI=1S/C23H24FN5S/c1-14-11-17(24)13-18(12-14)27-23-28-21-16(8-9-25)5-3-6-19(21)22(29-23)26-15(2)20-7-4-10-30-20/h3-7,10-13,15H,8-9,25H2,1-2H3,(H2,26,27,28,29)/t15-/m1/s1. The van der Waals surface area contributed by atoms with Crippen molar-refractivity contribution in [1.82, 2.24) is 9.97 Å². The number of hydrogen-bond donors (Lipinski definition) is 3. The quantitative estimate of drug-likeness (QED) is 0.364. The van der Waals surface area contributed by atoms with Gasteiger partial charge in [-0.05, 0) is 73.7 Å². The Balaban J connectivity index is 1.78. The highest BCUT2D eigenvalue weighted by molar-refractivity contribution is 7.10. The van der Waals surface area contributed by atoms with Crippen LogP contribution in [0, 0.1) is 12.7 Å². The van der Waals surface area contributed by atoms with E-state index in [1.807, 2.05) is 37.3 Å². The number of halogens is 1. The summed E-state index contributed by atoms with van der Waals surface area (Å²) in [5.41, 5.74) is 9.15. The van der Waals surface area contributed by atoms with Gasteiger partial charge in [0.15, 0.2) is 0 Å². The first-order valence-electron chi connectivity index (χ1n) is 9.87. The van der Waals surface area contributed by atoms with Crippen LogP contribution in [0.5, 0.6) is 0 Å². The van der Waals surface area contributed by atoms with Gasteiger partial charge < -0.3 is 16.4 Å². The topological polar surface area (TPSA) is 75.9 Å². The molecule has 2 aromatic carbocycles. The summed E-state index contributed by atoms with van der Waals surface area (Å²) >= 11 is 1.70. The molecule has 4 rings (SSSR count). The molecular weight excluding hydrogens is 397 g/mol. The molecule has 0 bridgehead atoms. The Morgan fingerprint density at radius 2 is 2.00 bits per heavy atom. The van der Waals surface area contributed by atoms with E-state index in [1.54, 1.807) is 11.3 Å². The lowest BCUT2D eigenvalue weighted by atomic mass is 10.1. The van der Waals surface area contributed by atoms with Crippen LogP contribution < -0.4 is 16.4 Å². The molecule has 0 unspecified atom stereocenters. The van der Waals surface area contributed by atoms with Crippen molar-refractivity contribution in [3.8, 4) is 0 Å². The molecule has 0 fully saturated rings. The van der Waals surface area contributed by atoms with Gasteiger partial charge in [0.25, 0.3) is 0 Å². The van der Waals surface area contributed by atoms with E-state index in [9.17, 15) is 4.39 Å². The number of fused-ring (bicyclic) bond motifs is 1. The van der Waals surface area contributed by atoms with Crippen LogP contribution in [0.2, 0.25) is 0 Å². The van der Waals surface area contributed by atoms with Gasteiger partial charge in [0.05, 0.1) is 11.6 Å². The molecule has 0 amide bonds. The minimum atomic E-state index is -0.299. The highest BCUT2D eigenvalue weighted by atomic mass is 32.1. The Hall–Kier alpha value is -3.03. The summed E-state index contributed by atoms with van der Waals surface area (Å²) in [5.74, 6) is 0.847. The summed E-state index contributed by atoms with van der Waals surface area (Å²) in [6.45, 7) is 4.49.